The van der Waals surface area contributed by atoms with Gasteiger partial charge in [0.2, 0.25) is 5.91 Å². The fourth-order valence-corrected chi connectivity index (χ4v) is 1.26. The molecule has 0 aliphatic rings. The quantitative estimate of drug-likeness (QED) is 0.682. The van der Waals surface area contributed by atoms with Crippen LogP contribution in [0, 0.1) is 5.92 Å². The van der Waals surface area contributed by atoms with E-state index >= 15 is 0 Å². The maximum atomic E-state index is 11.6. The van der Waals surface area contributed by atoms with Gasteiger partial charge in [-0.2, -0.15) is 0 Å². The highest BCUT2D eigenvalue weighted by atomic mass is 16.5. The first kappa shape index (κ1) is 15.9. The normalized spacial score (nSPS) is 12.6. The Bertz CT molecular complexity index is 251. The van der Waals surface area contributed by atoms with Gasteiger partial charge in [-0.25, -0.2) is 4.79 Å². The van der Waals surface area contributed by atoms with Crippen molar-refractivity contribution in [3.63, 3.8) is 0 Å². The molecule has 100 valence electrons. The molecule has 0 fully saturated rings. The maximum absolute atomic E-state index is 11.6. The smallest absolute Gasteiger partial charge is 0.328 e. The minimum atomic E-state index is -0.591. The Balaban J connectivity index is 4.09. The van der Waals surface area contributed by atoms with Gasteiger partial charge in [0, 0.05) is 6.42 Å². The Labute approximate surface area is 103 Å². The molecule has 17 heavy (non-hydrogen) atoms. The fraction of sp³-hybridized carbons (Fsp3) is 0.833. The molecular formula is C12H23NO4. The summed E-state index contributed by atoms with van der Waals surface area (Å²) in [5, 5.41) is 2.65. The average molecular weight is 245 g/mol. The number of hydrogen-bond acceptors (Lipinski definition) is 4. The molecule has 0 spiro atoms. The summed E-state index contributed by atoms with van der Waals surface area (Å²) in [7, 11) is 1.31. The van der Waals surface area contributed by atoms with E-state index in [4.69, 9.17) is 4.74 Å². The van der Waals surface area contributed by atoms with Crippen molar-refractivity contribution in [2.45, 2.75) is 46.3 Å². The van der Waals surface area contributed by atoms with E-state index in [1.807, 2.05) is 27.7 Å². The van der Waals surface area contributed by atoms with Crippen LogP contribution >= 0.6 is 0 Å². The van der Waals surface area contributed by atoms with E-state index < -0.39 is 12.0 Å². The highest BCUT2D eigenvalue weighted by Gasteiger charge is 2.24. The first-order valence-corrected chi connectivity index (χ1v) is 5.87. The summed E-state index contributed by atoms with van der Waals surface area (Å²) in [5.74, 6) is -0.620. The van der Waals surface area contributed by atoms with Gasteiger partial charge in [-0.15, -0.1) is 0 Å². The van der Waals surface area contributed by atoms with Crippen molar-refractivity contribution in [1.82, 2.24) is 5.32 Å². The van der Waals surface area contributed by atoms with E-state index in [1.54, 1.807) is 0 Å². The third kappa shape index (κ3) is 6.94. The predicted molar refractivity (Wildman–Crippen MR) is 64.5 cm³/mol. The number of hydrogen-bond donors (Lipinski definition) is 1. The molecule has 1 amide bonds. The molecule has 0 saturated heterocycles. The first-order valence-electron chi connectivity index (χ1n) is 5.87. The molecule has 5 nitrogen and oxygen atoms in total. The van der Waals surface area contributed by atoms with Crippen molar-refractivity contribution in [2.24, 2.45) is 5.92 Å². The minimum Gasteiger partial charge on any atom is -0.467 e. The van der Waals surface area contributed by atoms with E-state index in [-0.39, 0.29) is 24.3 Å². The molecule has 0 aliphatic heterocycles. The van der Waals surface area contributed by atoms with Gasteiger partial charge in [0.1, 0.15) is 6.04 Å². The maximum Gasteiger partial charge on any atom is 0.328 e. The predicted octanol–water partition coefficient (Wildman–Crippen LogP) is 1.12. The van der Waals surface area contributed by atoms with Crippen LogP contribution in [0.15, 0.2) is 0 Å². The minimum absolute atomic E-state index is 0.00239. The Kier molecular flexibility index (Phi) is 7.54. The molecule has 1 N–H and O–H groups in total. The molecule has 1 atom stereocenters. The lowest BCUT2D eigenvalue weighted by atomic mass is 10.0. The van der Waals surface area contributed by atoms with Gasteiger partial charge >= 0.3 is 5.97 Å². The van der Waals surface area contributed by atoms with Gasteiger partial charge in [0.25, 0.3) is 0 Å². The molecule has 0 bridgehead atoms. The van der Waals surface area contributed by atoms with Crippen LogP contribution in [0.2, 0.25) is 0 Å². The van der Waals surface area contributed by atoms with Crippen LogP contribution in [0.4, 0.5) is 0 Å². The van der Waals surface area contributed by atoms with Crippen LogP contribution < -0.4 is 5.32 Å². The molecule has 0 aromatic carbocycles. The molecule has 0 radical (unpaired) electrons. The molecule has 0 aliphatic carbocycles. The standard InChI is InChI=1S/C12H23NO4/c1-8(2)11(12(15)16-5)13-10(14)6-7-17-9(3)4/h8-9,11H,6-7H2,1-5H3,(H,13,14). The van der Waals surface area contributed by atoms with E-state index in [0.29, 0.717) is 6.61 Å². The van der Waals surface area contributed by atoms with E-state index in [1.165, 1.54) is 7.11 Å². The fourth-order valence-electron chi connectivity index (χ4n) is 1.26. The molecule has 1 unspecified atom stereocenters. The zero-order valence-electron chi connectivity index (χ0n) is 11.3. The number of carbonyl (C=O) groups excluding carboxylic acids is 2. The van der Waals surface area contributed by atoms with Crippen LogP contribution in [0.3, 0.4) is 0 Å². The summed E-state index contributed by atoms with van der Waals surface area (Å²) in [4.78, 5) is 23.0. The molecule has 0 heterocycles. The van der Waals surface area contributed by atoms with Crippen LogP contribution in [-0.4, -0.2) is 37.7 Å². The van der Waals surface area contributed by atoms with Gasteiger partial charge < -0.3 is 14.8 Å². The van der Waals surface area contributed by atoms with Crippen LogP contribution in [0.1, 0.15) is 34.1 Å². The summed E-state index contributed by atoms with van der Waals surface area (Å²) in [6, 6.07) is -0.591. The SMILES string of the molecule is COC(=O)C(NC(=O)CCOC(C)C)C(C)C. The lowest BCUT2D eigenvalue weighted by Crippen LogP contribution is -2.45. The third-order valence-corrected chi connectivity index (χ3v) is 2.22. The number of methoxy groups -OCH3 is 1. The number of rotatable bonds is 7. The van der Waals surface area contributed by atoms with Crippen molar-refractivity contribution < 1.29 is 19.1 Å². The molecule has 0 aromatic heterocycles. The Morgan fingerprint density at radius 3 is 2.18 bits per heavy atom. The average Bonchev–Trinajstić information content (AvgIpc) is 2.24. The summed E-state index contributed by atoms with van der Waals surface area (Å²) < 4.78 is 9.90. The zero-order chi connectivity index (χ0) is 13.4. The summed E-state index contributed by atoms with van der Waals surface area (Å²) in [6.45, 7) is 7.88. The summed E-state index contributed by atoms with van der Waals surface area (Å²) in [6.07, 6.45) is 0.350. The van der Waals surface area contributed by atoms with Crippen LogP contribution in [-0.2, 0) is 19.1 Å². The number of ether oxygens (including phenoxy) is 2. The Morgan fingerprint density at radius 2 is 1.76 bits per heavy atom. The van der Waals surface area contributed by atoms with E-state index in [0.717, 1.165) is 0 Å². The van der Waals surface area contributed by atoms with Gasteiger partial charge in [-0.1, -0.05) is 13.8 Å². The van der Waals surface area contributed by atoms with Crippen molar-refractivity contribution in [2.75, 3.05) is 13.7 Å². The summed E-state index contributed by atoms with van der Waals surface area (Å²) in [5.41, 5.74) is 0. The lowest BCUT2D eigenvalue weighted by Gasteiger charge is -2.19. The molecular weight excluding hydrogens is 222 g/mol. The second kappa shape index (κ2) is 8.06. The van der Waals surface area contributed by atoms with Crippen molar-refractivity contribution >= 4 is 11.9 Å². The molecule has 0 rings (SSSR count). The Hall–Kier alpha value is -1.10. The number of amides is 1. The van der Waals surface area contributed by atoms with Gasteiger partial charge in [0.05, 0.1) is 19.8 Å². The van der Waals surface area contributed by atoms with Crippen LogP contribution in [0.25, 0.3) is 0 Å². The monoisotopic (exact) mass is 245 g/mol. The van der Waals surface area contributed by atoms with Crippen molar-refractivity contribution in [1.29, 1.82) is 0 Å². The molecule has 0 saturated carbocycles. The molecule has 5 heteroatoms. The van der Waals surface area contributed by atoms with E-state index in [9.17, 15) is 9.59 Å². The summed E-state index contributed by atoms with van der Waals surface area (Å²) >= 11 is 0. The second-order valence-corrected chi connectivity index (χ2v) is 4.48. The highest BCUT2D eigenvalue weighted by molar-refractivity contribution is 5.84. The van der Waals surface area contributed by atoms with Gasteiger partial charge in [0.15, 0.2) is 0 Å². The number of nitrogens with one attached hydrogen (secondary N) is 1. The highest BCUT2D eigenvalue weighted by Crippen LogP contribution is 2.04. The number of esters is 1. The van der Waals surface area contributed by atoms with Crippen molar-refractivity contribution in [3.8, 4) is 0 Å². The van der Waals surface area contributed by atoms with Crippen LogP contribution in [0.5, 0.6) is 0 Å². The number of carbonyl (C=O) groups is 2. The topological polar surface area (TPSA) is 64.6 Å². The Morgan fingerprint density at radius 1 is 1.18 bits per heavy atom. The third-order valence-electron chi connectivity index (χ3n) is 2.22. The lowest BCUT2D eigenvalue weighted by molar-refractivity contribution is -0.146. The second-order valence-electron chi connectivity index (χ2n) is 4.48. The molecule has 0 aromatic rings. The zero-order valence-corrected chi connectivity index (χ0v) is 11.3. The largest absolute Gasteiger partial charge is 0.467 e. The van der Waals surface area contributed by atoms with Crippen molar-refractivity contribution in [3.05, 3.63) is 0 Å². The van der Waals surface area contributed by atoms with Gasteiger partial charge in [-0.05, 0) is 19.8 Å². The first-order chi connectivity index (χ1) is 7.88. The van der Waals surface area contributed by atoms with E-state index in [2.05, 4.69) is 10.1 Å². The van der Waals surface area contributed by atoms with Gasteiger partial charge in [-0.3, -0.25) is 4.79 Å².